The van der Waals surface area contributed by atoms with Gasteiger partial charge in [0.15, 0.2) is 0 Å². The van der Waals surface area contributed by atoms with Crippen LogP contribution in [-0.2, 0) is 0 Å². The SMILES string of the molecule is COc1cccc(C)c1-c1cccc2c1P(C)CO2. The monoisotopic (exact) mass is 272 g/mol. The van der Waals surface area contributed by atoms with Crippen molar-refractivity contribution in [3.63, 3.8) is 0 Å². The number of rotatable bonds is 2. The van der Waals surface area contributed by atoms with Crippen LogP contribution in [0.15, 0.2) is 36.4 Å². The first-order valence-corrected chi connectivity index (χ1v) is 8.30. The lowest BCUT2D eigenvalue weighted by Gasteiger charge is -2.15. The lowest BCUT2D eigenvalue weighted by molar-refractivity contribution is 0.402. The molecule has 2 nitrogen and oxygen atoms in total. The number of hydrogen-bond donors (Lipinski definition) is 0. The molecule has 2 aromatic rings. The fourth-order valence-corrected chi connectivity index (χ4v) is 4.20. The van der Waals surface area contributed by atoms with E-state index in [1.165, 1.54) is 22.0 Å². The molecule has 0 saturated carbocycles. The van der Waals surface area contributed by atoms with E-state index in [-0.39, 0.29) is 7.92 Å². The Morgan fingerprint density at radius 3 is 2.74 bits per heavy atom. The quantitative estimate of drug-likeness (QED) is 0.775. The molecule has 0 amide bonds. The molecule has 0 fully saturated rings. The first kappa shape index (κ1) is 12.5. The van der Waals surface area contributed by atoms with Crippen LogP contribution in [-0.4, -0.2) is 20.1 Å². The summed E-state index contributed by atoms with van der Waals surface area (Å²) in [5, 5.41) is 1.37. The highest BCUT2D eigenvalue weighted by atomic mass is 31.1. The van der Waals surface area contributed by atoms with Gasteiger partial charge in [-0.2, -0.15) is 0 Å². The molecular formula is C16H17O2P. The Morgan fingerprint density at radius 1 is 1.16 bits per heavy atom. The molecule has 3 rings (SSSR count). The lowest BCUT2D eigenvalue weighted by atomic mass is 9.99. The van der Waals surface area contributed by atoms with E-state index in [0.29, 0.717) is 0 Å². The van der Waals surface area contributed by atoms with Crippen molar-refractivity contribution in [1.29, 1.82) is 0 Å². The Hall–Kier alpha value is -1.53. The predicted molar refractivity (Wildman–Crippen MR) is 81.1 cm³/mol. The van der Waals surface area contributed by atoms with Crippen LogP contribution >= 0.6 is 7.92 Å². The molecule has 0 bridgehead atoms. The second-order valence-electron chi connectivity index (χ2n) is 4.78. The fraction of sp³-hybridized carbons (Fsp3) is 0.250. The maximum atomic E-state index is 5.77. The van der Waals surface area contributed by atoms with Crippen molar-refractivity contribution in [3.8, 4) is 22.6 Å². The van der Waals surface area contributed by atoms with Gasteiger partial charge in [0.25, 0.3) is 0 Å². The molecule has 0 N–H and O–H groups in total. The van der Waals surface area contributed by atoms with Crippen LogP contribution in [0.5, 0.6) is 11.5 Å². The molecule has 3 heteroatoms. The average Bonchev–Trinajstić information content (AvgIpc) is 2.80. The van der Waals surface area contributed by atoms with Gasteiger partial charge in [-0.05, 0) is 44.8 Å². The van der Waals surface area contributed by atoms with E-state index in [2.05, 4.69) is 37.9 Å². The number of ether oxygens (including phenoxy) is 2. The fourth-order valence-electron chi connectivity index (χ4n) is 2.62. The minimum absolute atomic E-state index is 0.233. The zero-order valence-electron chi connectivity index (χ0n) is 11.4. The van der Waals surface area contributed by atoms with Gasteiger partial charge in [-0.15, -0.1) is 0 Å². The molecule has 2 aromatic carbocycles. The minimum atomic E-state index is -0.233. The van der Waals surface area contributed by atoms with Crippen LogP contribution in [0.3, 0.4) is 0 Å². The van der Waals surface area contributed by atoms with Crippen molar-refractivity contribution in [2.75, 3.05) is 20.1 Å². The van der Waals surface area contributed by atoms with Gasteiger partial charge in [0.1, 0.15) is 17.8 Å². The van der Waals surface area contributed by atoms with Crippen LogP contribution in [0.2, 0.25) is 0 Å². The van der Waals surface area contributed by atoms with Crippen LogP contribution in [0.25, 0.3) is 11.1 Å². The van der Waals surface area contributed by atoms with Crippen molar-refractivity contribution < 1.29 is 9.47 Å². The van der Waals surface area contributed by atoms with Crippen LogP contribution < -0.4 is 14.8 Å². The molecule has 0 aromatic heterocycles. The molecule has 98 valence electrons. The van der Waals surface area contributed by atoms with Gasteiger partial charge in [-0.1, -0.05) is 24.3 Å². The summed E-state index contributed by atoms with van der Waals surface area (Å²) in [7, 11) is 1.50. The maximum Gasteiger partial charge on any atom is 0.128 e. The van der Waals surface area contributed by atoms with E-state index in [4.69, 9.17) is 9.47 Å². The Labute approximate surface area is 115 Å². The van der Waals surface area contributed by atoms with Gasteiger partial charge in [0.2, 0.25) is 0 Å². The summed E-state index contributed by atoms with van der Waals surface area (Å²) in [6, 6.07) is 12.5. The summed E-state index contributed by atoms with van der Waals surface area (Å²) < 4.78 is 11.3. The summed E-state index contributed by atoms with van der Waals surface area (Å²) in [6.45, 7) is 4.40. The maximum absolute atomic E-state index is 5.77. The van der Waals surface area contributed by atoms with Crippen LogP contribution in [0.4, 0.5) is 0 Å². The van der Waals surface area contributed by atoms with E-state index in [1.54, 1.807) is 7.11 Å². The van der Waals surface area contributed by atoms with Gasteiger partial charge in [-0.3, -0.25) is 0 Å². The van der Waals surface area contributed by atoms with Gasteiger partial charge < -0.3 is 9.47 Å². The lowest BCUT2D eigenvalue weighted by Crippen LogP contribution is -2.03. The normalized spacial score (nSPS) is 16.9. The Balaban J connectivity index is 2.27. The van der Waals surface area contributed by atoms with Crippen molar-refractivity contribution in [1.82, 2.24) is 0 Å². The molecule has 0 spiro atoms. The molecule has 1 atom stereocenters. The Kier molecular flexibility index (Phi) is 3.20. The highest BCUT2D eigenvalue weighted by molar-refractivity contribution is 7.65. The van der Waals surface area contributed by atoms with Crippen LogP contribution in [0, 0.1) is 6.92 Å². The summed E-state index contributed by atoms with van der Waals surface area (Å²) in [6.07, 6.45) is 0.829. The van der Waals surface area contributed by atoms with E-state index < -0.39 is 0 Å². The van der Waals surface area contributed by atoms with Crippen molar-refractivity contribution in [2.45, 2.75) is 6.92 Å². The zero-order valence-corrected chi connectivity index (χ0v) is 12.3. The Bertz CT molecular complexity index is 622. The smallest absolute Gasteiger partial charge is 0.128 e. The van der Waals surface area contributed by atoms with E-state index >= 15 is 0 Å². The van der Waals surface area contributed by atoms with Crippen LogP contribution in [0.1, 0.15) is 5.56 Å². The number of aryl methyl sites for hydroxylation is 1. The third kappa shape index (κ3) is 2.01. The molecule has 1 unspecified atom stereocenters. The van der Waals surface area contributed by atoms with E-state index in [9.17, 15) is 0 Å². The highest BCUT2D eigenvalue weighted by Crippen LogP contribution is 2.46. The third-order valence-electron chi connectivity index (χ3n) is 3.52. The second kappa shape index (κ2) is 4.86. The van der Waals surface area contributed by atoms with E-state index in [1.807, 2.05) is 12.1 Å². The molecule has 1 heterocycles. The first-order valence-electron chi connectivity index (χ1n) is 6.33. The van der Waals surface area contributed by atoms with Crippen molar-refractivity contribution in [2.24, 2.45) is 0 Å². The highest BCUT2D eigenvalue weighted by Gasteiger charge is 2.25. The van der Waals surface area contributed by atoms with Gasteiger partial charge in [0.05, 0.1) is 7.11 Å². The topological polar surface area (TPSA) is 18.5 Å². The summed E-state index contributed by atoms with van der Waals surface area (Å²) in [5.41, 5.74) is 3.70. The zero-order chi connectivity index (χ0) is 13.4. The summed E-state index contributed by atoms with van der Waals surface area (Å²) in [4.78, 5) is 0. The molecule has 1 aliphatic heterocycles. The van der Waals surface area contributed by atoms with E-state index in [0.717, 1.165) is 17.8 Å². The molecule has 0 aliphatic carbocycles. The van der Waals surface area contributed by atoms with Crippen molar-refractivity contribution in [3.05, 3.63) is 42.0 Å². The number of fused-ring (bicyclic) bond motifs is 1. The molecule has 19 heavy (non-hydrogen) atoms. The Morgan fingerprint density at radius 2 is 1.95 bits per heavy atom. The van der Waals surface area contributed by atoms with Crippen molar-refractivity contribution >= 4 is 13.2 Å². The summed E-state index contributed by atoms with van der Waals surface area (Å²) in [5.74, 6) is 1.97. The van der Waals surface area contributed by atoms with Gasteiger partial charge in [0, 0.05) is 10.9 Å². The first-order chi connectivity index (χ1) is 9.22. The molecule has 0 radical (unpaired) electrons. The number of benzene rings is 2. The largest absolute Gasteiger partial charge is 0.496 e. The average molecular weight is 272 g/mol. The number of methoxy groups -OCH3 is 1. The summed E-state index contributed by atoms with van der Waals surface area (Å²) >= 11 is 0. The molecular weight excluding hydrogens is 255 g/mol. The minimum Gasteiger partial charge on any atom is -0.496 e. The number of hydrogen-bond acceptors (Lipinski definition) is 2. The predicted octanol–water partition coefficient (Wildman–Crippen LogP) is 3.76. The second-order valence-corrected chi connectivity index (χ2v) is 6.88. The molecule has 0 saturated heterocycles. The standard InChI is InChI=1S/C16H17O2P/c1-11-6-4-8-13(17-2)15(11)12-7-5-9-14-16(12)19(3)10-18-14/h4-9H,10H2,1-3H3. The molecule has 1 aliphatic rings. The van der Waals surface area contributed by atoms with Gasteiger partial charge in [-0.25, -0.2) is 0 Å². The third-order valence-corrected chi connectivity index (χ3v) is 5.26. The van der Waals surface area contributed by atoms with Gasteiger partial charge >= 0.3 is 0 Å².